The first kappa shape index (κ1) is 10.6. The smallest absolute Gasteiger partial charge is 0.140 e. The molecule has 0 aliphatic heterocycles. The minimum atomic E-state index is -0.847. The quantitative estimate of drug-likeness (QED) is 0.737. The topological polar surface area (TPSA) is 29.5 Å². The van der Waals surface area contributed by atoms with E-state index in [4.69, 9.17) is 11.2 Å². The van der Waals surface area contributed by atoms with Crippen molar-refractivity contribution >= 4 is 0 Å². The molecule has 2 heteroatoms. The summed E-state index contributed by atoms with van der Waals surface area (Å²) in [6.07, 6.45) is 5.23. The number of benzene rings is 1. The van der Waals surface area contributed by atoms with Gasteiger partial charge in [-0.3, -0.25) is 0 Å². The zero-order valence-corrected chi connectivity index (χ0v) is 8.23. The van der Waals surface area contributed by atoms with Gasteiger partial charge < -0.3 is 9.84 Å². The summed E-state index contributed by atoms with van der Waals surface area (Å²) in [5, 5.41) is 9.39. The molecule has 0 amide bonds. The Labute approximate surface area is 84.5 Å². The van der Waals surface area contributed by atoms with Gasteiger partial charge in [-0.15, -0.1) is 6.42 Å². The lowest BCUT2D eigenvalue weighted by Gasteiger charge is -2.07. The maximum atomic E-state index is 9.39. The van der Waals surface area contributed by atoms with Gasteiger partial charge in [-0.2, -0.15) is 0 Å². The van der Waals surface area contributed by atoms with Crippen molar-refractivity contribution in [3.63, 3.8) is 0 Å². The average molecular weight is 190 g/mol. The van der Waals surface area contributed by atoms with E-state index in [1.807, 2.05) is 19.1 Å². The van der Waals surface area contributed by atoms with Crippen molar-refractivity contribution in [3.05, 3.63) is 29.8 Å². The summed E-state index contributed by atoms with van der Waals surface area (Å²) in [5.74, 6) is 3.01. The number of ether oxygens (including phenoxy) is 1. The fourth-order valence-corrected chi connectivity index (χ4v) is 1.09. The number of aliphatic hydroxyl groups excluding tert-OH is 1. The molecule has 14 heavy (non-hydrogen) atoms. The molecular formula is C12H14O2. The highest BCUT2D eigenvalue weighted by Crippen LogP contribution is 2.18. The summed E-state index contributed by atoms with van der Waals surface area (Å²) >= 11 is 0. The van der Waals surface area contributed by atoms with Crippen LogP contribution in [-0.4, -0.2) is 11.7 Å². The largest absolute Gasteiger partial charge is 0.494 e. The van der Waals surface area contributed by atoms with Gasteiger partial charge in [0, 0.05) is 0 Å². The lowest BCUT2D eigenvalue weighted by Crippen LogP contribution is -1.97. The van der Waals surface area contributed by atoms with Gasteiger partial charge in [-0.05, 0) is 24.1 Å². The molecule has 0 fully saturated rings. The van der Waals surface area contributed by atoms with Gasteiger partial charge in [0.25, 0.3) is 0 Å². The van der Waals surface area contributed by atoms with Crippen LogP contribution in [0, 0.1) is 12.3 Å². The molecule has 0 aliphatic carbocycles. The van der Waals surface area contributed by atoms with Crippen LogP contribution in [0.15, 0.2) is 24.3 Å². The standard InChI is InChI=1S/C12H14O2/c1-3-8-14-11-7-5-6-10(9-11)12(13)4-2/h2,5-7,9,12-13H,3,8H2,1H3. The van der Waals surface area contributed by atoms with E-state index in [9.17, 15) is 5.11 Å². The maximum absolute atomic E-state index is 9.39. The van der Waals surface area contributed by atoms with Crippen LogP contribution in [-0.2, 0) is 0 Å². The van der Waals surface area contributed by atoms with Crippen molar-refractivity contribution in [1.29, 1.82) is 0 Å². The van der Waals surface area contributed by atoms with Crippen LogP contribution < -0.4 is 4.74 Å². The molecule has 1 rings (SSSR count). The molecule has 74 valence electrons. The maximum Gasteiger partial charge on any atom is 0.140 e. The lowest BCUT2D eigenvalue weighted by atomic mass is 10.1. The predicted octanol–water partition coefficient (Wildman–Crippen LogP) is 2.14. The second kappa shape index (κ2) is 5.31. The van der Waals surface area contributed by atoms with E-state index >= 15 is 0 Å². The number of rotatable bonds is 4. The Morgan fingerprint density at radius 3 is 3.00 bits per heavy atom. The summed E-state index contributed by atoms with van der Waals surface area (Å²) in [6, 6.07) is 7.22. The van der Waals surface area contributed by atoms with Crippen molar-refractivity contribution in [2.24, 2.45) is 0 Å². The Morgan fingerprint density at radius 1 is 1.57 bits per heavy atom. The van der Waals surface area contributed by atoms with Gasteiger partial charge in [0.05, 0.1) is 6.61 Å². The molecule has 1 aromatic carbocycles. The molecule has 0 saturated heterocycles. The van der Waals surface area contributed by atoms with E-state index in [0.29, 0.717) is 12.2 Å². The minimum Gasteiger partial charge on any atom is -0.494 e. The monoisotopic (exact) mass is 190 g/mol. The fraction of sp³-hybridized carbons (Fsp3) is 0.333. The highest BCUT2D eigenvalue weighted by atomic mass is 16.5. The van der Waals surface area contributed by atoms with Gasteiger partial charge in [0.2, 0.25) is 0 Å². The van der Waals surface area contributed by atoms with Crippen molar-refractivity contribution in [1.82, 2.24) is 0 Å². The molecule has 1 unspecified atom stereocenters. The van der Waals surface area contributed by atoms with E-state index in [1.54, 1.807) is 12.1 Å². The summed E-state index contributed by atoms with van der Waals surface area (Å²) in [7, 11) is 0. The zero-order valence-electron chi connectivity index (χ0n) is 8.23. The highest BCUT2D eigenvalue weighted by molar-refractivity contribution is 5.32. The third-order valence-corrected chi connectivity index (χ3v) is 1.80. The second-order valence-corrected chi connectivity index (χ2v) is 2.99. The van der Waals surface area contributed by atoms with Crippen LogP contribution in [0.3, 0.4) is 0 Å². The Kier molecular flexibility index (Phi) is 4.03. The lowest BCUT2D eigenvalue weighted by molar-refractivity contribution is 0.237. The van der Waals surface area contributed by atoms with Gasteiger partial charge in [0.1, 0.15) is 11.9 Å². The summed E-state index contributed by atoms with van der Waals surface area (Å²) < 4.78 is 5.41. The summed E-state index contributed by atoms with van der Waals surface area (Å²) in [5.41, 5.74) is 0.695. The van der Waals surface area contributed by atoms with Crippen LogP contribution in [0.2, 0.25) is 0 Å². The van der Waals surface area contributed by atoms with Crippen molar-refractivity contribution in [2.45, 2.75) is 19.4 Å². The number of hydrogen-bond donors (Lipinski definition) is 1. The Bertz CT molecular complexity index is 325. The normalized spacial score (nSPS) is 11.8. The SMILES string of the molecule is C#CC(O)c1cccc(OCCC)c1. The number of hydrogen-bond acceptors (Lipinski definition) is 2. The predicted molar refractivity (Wildman–Crippen MR) is 56.0 cm³/mol. The Balaban J connectivity index is 2.74. The van der Waals surface area contributed by atoms with Crippen molar-refractivity contribution < 1.29 is 9.84 Å². The Morgan fingerprint density at radius 2 is 2.36 bits per heavy atom. The molecule has 1 atom stereocenters. The van der Waals surface area contributed by atoms with Crippen molar-refractivity contribution in [3.8, 4) is 18.1 Å². The molecule has 0 aromatic heterocycles. The first-order valence-corrected chi connectivity index (χ1v) is 4.65. The number of aliphatic hydroxyl groups is 1. The minimum absolute atomic E-state index is 0.676. The first-order chi connectivity index (χ1) is 6.77. The molecule has 0 radical (unpaired) electrons. The van der Waals surface area contributed by atoms with Crippen LogP contribution in [0.1, 0.15) is 25.0 Å². The van der Waals surface area contributed by atoms with Crippen LogP contribution in [0.4, 0.5) is 0 Å². The Hall–Kier alpha value is -1.46. The average Bonchev–Trinajstić information content (AvgIpc) is 2.25. The summed E-state index contributed by atoms with van der Waals surface area (Å²) in [4.78, 5) is 0. The van der Waals surface area contributed by atoms with Crippen LogP contribution in [0.25, 0.3) is 0 Å². The number of terminal acetylenes is 1. The second-order valence-electron chi connectivity index (χ2n) is 2.99. The van der Waals surface area contributed by atoms with Crippen LogP contribution >= 0.6 is 0 Å². The molecule has 0 spiro atoms. The molecule has 0 bridgehead atoms. The third kappa shape index (κ3) is 2.79. The van der Waals surface area contributed by atoms with Gasteiger partial charge in [0.15, 0.2) is 0 Å². The van der Waals surface area contributed by atoms with E-state index in [1.165, 1.54) is 0 Å². The van der Waals surface area contributed by atoms with Crippen LogP contribution in [0.5, 0.6) is 5.75 Å². The highest BCUT2D eigenvalue weighted by Gasteiger charge is 2.03. The third-order valence-electron chi connectivity index (χ3n) is 1.80. The molecule has 0 saturated carbocycles. The van der Waals surface area contributed by atoms with E-state index in [0.717, 1.165) is 12.2 Å². The molecule has 0 heterocycles. The van der Waals surface area contributed by atoms with Gasteiger partial charge in [-0.25, -0.2) is 0 Å². The van der Waals surface area contributed by atoms with Gasteiger partial charge in [-0.1, -0.05) is 25.0 Å². The molecule has 1 N–H and O–H groups in total. The van der Waals surface area contributed by atoms with Crippen molar-refractivity contribution in [2.75, 3.05) is 6.61 Å². The van der Waals surface area contributed by atoms with E-state index in [2.05, 4.69) is 5.92 Å². The van der Waals surface area contributed by atoms with E-state index < -0.39 is 6.10 Å². The van der Waals surface area contributed by atoms with E-state index in [-0.39, 0.29) is 0 Å². The molecule has 1 aromatic rings. The summed E-state index contributed by atoms with van der Waals surface area (Å²) in [6.45, 7) is 2.72. The molecular weight excluding hydrogens is 176 g/mol. The molecule has 2 nitrogen and oxygen atoms in total. The first-order valence-electron chi connectivity index (χ1n) is 4.65. The molecule has 0 aliphatic rings. The van der Waals surface area contributed by atoms with Gasteiger partial charge >= 0.3 is 0 Å². The zero-order chi connectivity index (χ0) is 10.4. The fourth-order valence-electron chi connectivity index (χ4n) is 1.09.